The molecule has 3 aromatic heterocycles. The summed E-state index contributed by atoms with van der Waals surface area (Å²) in [6, 6.07) is 8.42. The second kappa shape index (κ2) is 7.72. The van der Waals surface area contributed by atoms with E-state index >= 15 is 0 Å². The van der Waals surface area contributed by atoms with Crippen molar-refractivity contribution >= 4 is 33.2 Å². The monoisotopic (exact) mass is 419 g/mol. The van der Waals surface area contributed by atoms with Gasteiger partial charge in [0.05, 0.1) is 23.8 Å². The van der Waals surface area contributed by atoms with Crippen LogP contribution in [0.4, 0.5) is 11.6 Å². The summed E-state index contributed by atoms with van der Waals surface area (Å²) in [5, 5.41) is 8.63. The topological polar surface area (TPSA) is 64.7 Å². The summed E-state index contributed by atoms with van der Waals surface area (Å²) in [7, 11) is 0. The summed E-state index contributed by atoms with van der Waals surface area (Å²) >= 11 is 1.68. The number of hydrogen-bond acceptors (Lipinski definition) is 5. The van der Waals surface area contributed by atoms with E-state index in [1.807, 2.05) is 17.8 Å². The lowest BCUT2D eigenvalue weighted by Gasteiger charge is -2.12. The third-order valence-electron chi connectivity index (χ3n) is 5.71. The van der Waals surface area contributed by atoms with Crippen LogP contribution in [0.15, 0.2) is 41.5 Å². The van der Waals surface area contributed by atoms with Crippen molar-refractivity contribution < 1.29 is 0 Å². The number of aryl methyl sites for hydroxylation is 3. The number of fused-ring (bicyclic) bond motifs is 3. The van der Waals surface area contributed by atoms with E-state index in [1.54, 1.807) is 22.1 Å². The Hall–Kier alpha value is -2.93. The lowest BCUT2D eigenvalue weighted by Crippen LogP contribution is -2.23. The summed E-state index contributed by atoms with van der Waals surface area (Å²) in [6.45, 7) is 5.36. The minimum atomic E-state index is 0.0663. The van der Waals surface area contributed by atoms with Gasteiger partial charge in [-0.25, -0.2) is 4.98 Å². The van der Waals surface area contributed by atoms with E-state index in [-0.39, 0.29) is 5.56 Å². The van der Waals surface area contributed by atoms with Crippen molar-refractivity contribution in [1.82, 2.24) is 19.3 Å². The zero-order chi connectivity index (χ0) is 20.7. The number of rotatable bonds is 5. The third kappa shape index (κ3) is 3.43. The molecule has 1 aromatic carbocycles. The molecule has 0 aliphatic heterocycles. The maximum atomic E-state index is 13.3. The Bertz CT molecular complexity index is 1280. The Morgan fingerprint density at radius 1 is 1.23 bits per heavy atom. The Morgan fingerprint density at radius 3 is 2.93 bits per heavy atom. The molecule has 7 heteroatoms. The number of nitrogens with zero attached hydrogens (tertiary/aromatic N) is 4. The van der Waals surface area contributed by atoms with E-state index in [0.717, 1.165) is 35.2 Å². The van der Waals surface area contributed by atoms with Crippen LogP contribution in [0.1, 0.15) is 41.3 Å². The van der Waals surface area contributed by atoms with Crippen LogP contribution >= 0.6 is 11.3 Å². The zero-order valence-electron chi connectivity index (χ0n) is 17.3. The number of anilines is 2. The number of thiophene rings is 1. The first-order valence-corrected chi connectivity index (χ1v) is 11.3. The quantitative estimate of drug-likeness (QED) is 0.511. The highest BCUT2D eigenvalue weighted by molar-refractivity contribution is 7.18. The number of benzene rings is 1. The molecular weight excluding hydrogens is 394 g/mol. The molecule has 154 valence electrons. The van der Waals surface area contributed by atoms with Crippen molar-refractivity contribution in [3.05, 3.63) is 68.6 Å². The Labute approximate surface area is 179 Å². The Kier molecular flexibility index (Phi) is 4.90. The summed E-state index contributed by atoms with van der Waals surface area (Å²) < 4.78 is 3.63. The molecule has 6 nitrogen and oxygen atoms in total. The van der Waals surface area contributed by atoms with E-state index < -0.39 is 0 Å². The predicted molar refractivity (Wildman–Crippen MR) is 122 cm³/mol. The molecule has 1 aliphatic carbocycles. The maximum absolute atomic E-state index is 13.3. The zero-order valence-corrected chi connectivity index (χ0v) is 18.1. The van der Waals surface area contributed by atoms with Crippen LogP contribution in [0.25, 0.3) is 10.2 Å². The highest BCUT2D eigenvalue weighted by Crippen LogP contribution is 2.34. The van der Waals surface area contributed by atoms with Gasteiger partial charge in [-0.05, 0) is 50.7 Å². The van der Waals surface area contributed by atoms with Gasteiger partial charge in [-0.1, -0.05) is 29.8 Å². The van der Waals surface area contributed by atoms with Crippen LogP contribution < -0.4 is 10.9 Å². The lowest BCUT2D eigenvalue weighted by atomic mass is 9.97. The molecule has 0 bridgehead atoms. The fourth-order valence-corrected chi connectivity index (χ4v) is 5.52. The molecule has 0 saturated carbocycles. The largest absolute Gasteiger partial charge is 0.323 e. The summed E-state index contributed by atoms with van der Waals surface area (Å²) in [5.41, 5.74) is 4.58. The summed E-state index contributed by atoms with van der Waals surface area (Å²) in [5.74, 6) is 0.587. The van der Waals surface area contributed by atoms with Gasteiger partial charge in [-0.3, -0.25) is 14.0 Å². The molecule has 1 aliphatic rings. The fourth-order valence-electron chi connectivity index (χ4n) is 4.27. The van der Waals surface area contributed by atoms with Crippen molar-refractivity contribution in [2.45, 2.75) is 52.6 Å². The molecule has 0 spiro atoms. The Balaban J connectivity index is 1.47. The molecule has 1 N–H and O–H groups in total. The third-order valence-corrected chi connectivity index (χ3v) is 6.89. The van der Waals surface area contributed by atoms with Gasteiger partial charge < -0.3 is 5.32 Å². The summed E-state index contributed by atoms with van der Waals surface area (Å²) in [6.07, 6.45) is 8.16. The number of hydrogen-bond donors (Lipinski definition) is 1. The van der Waals surface area contributed by atoms with Gasteiger partial charge in [0.1, 0.15) is 4.83 Å². The highest BCUT2D eigenvalue weighted by Gasteiger charge is 2.21. The summed E-state index contributed by atoms with van der Waals surface area (Å²) in [4.78, 5) is 20.3. The maximum Gasteiger partial charge on any atom is 0.263 e. The normalized spacial score (nSPS) is 13.5. The van der Waals surface area contributed by atoms with Crippen molar-refractivity contribution in [2.24, 2.45) is 0 Å². The predicted octanol–water partition coefficient (Wildman–Crippen LogP) is 4.65. The molecule has 0 fully saturated rings. The molecule has 5 rings (SSSR count). The lowest BCUT2D eigenvalue weighted by molar-refractivity contribution is 0.686. The van der Waals surface area contributed by atoms with Crippen molar-refractivity contribution in [2.75, 3.05) is 5.32 Å². The minimum Gasteiger partial charge on any atom is -0.323 e. The van der Waals surface area contributed by atoms with Gasteiger partial charge in [-0.15, -0.1) is 11.3 Å². The van der Waals surface area contributed by atoms with E-state index in [1.165, 1.54) is 28.0 Å². The van der Waals surface area contributed by atoms with Crippen LogP contribution in [-0.2, 0) is 25.9 Å². The molecule has 0 saturated heterocycles. The van der Waals surface area contributed by atoms with Crippen molar-refractivity contribution in [3.63, 3.8) is 0 Å². The van der Waals surface area contributed by atoms with Gasteiger partial charge in [0.2, 0.25) is 5.95 Å². The molecule has 30 heavy (non-hydrogen) atoms. The Morgan fingerprint density at radius 2 is 2.10 bits per heavy atom. The van der Waals surface area contributed by atoms with Crippen molar-refractivity contribution in [3.8, 4) is 0 Å². The molecule has 4 aromatic rings. The van der Waals surface area contributed by atoms with Crippen LogP contribution in [0.2, 0.25) is 0 Å². The van der Waals surface area contributed by atoms with Crippen molar-refractivity contribution in [1.29, 1.82) is 0 Å². The molecule has 3 heterocycles. The molecular formula is C23H25N5OS. The average molecular weight is 420 g/mol. The number of aromatic nitrogens is 4. The second-order valence-electron chi connectivity index (χ2n) is 7.92. The average Bonchev–Trinajstić information content (AvgIpc) is 3.32. The van der Waals surface area contributed by atoms with Gasteiger partial charge in [0.25, 0.3) is 5.56 Å². The van der Waals surface area contributed by atoms with E-state index in [4.69, 9.17) is 4.98 Å². The van der Waals surface area contributed by atoms with E-state index in [9.17, 15) is 4.79 Å². The van der Waals surface area contributed by atoms with Crippen LogP contribution in [0.5, 0.6) is 0 Å². The molecule has 0 unspecified atom stereocenters. The molecule has 0 radical (unpaired) electrons. The SMILES string of the molecule is CCn1c(Nc2cnn(Cc3cccc(C)c3)c2)nc2sc3c(c2c1=O)CCCC3. The minimum absolute atomic E-state index is 0.0663. The van der Waals surface area contributed by atoms with Gasteiger partial charge in [-0.2, -0.15) is 5.10 Å². The van der Waals surface area contributed by atoms with E-state index in [0.29, 0.717) is 19.0 Å². The first kappa shape index (κ1) is 19.1. The fraction of sp³-hybridized carbons (Fsp3) is 0.348. The highest BCUT2D eigenvalue weighted by atomic mass is 32.1. The van der Waals surface area contributed by atoms with Gasteiger partial charge in [0, 0.05) is 17.6 Å². The van der Waals surface area contributed by atoms with Gasteiger partial charge in [0.15, 0.2) is 0 Å². The first-order chi connectivity index (χ1) is 14.6. The van der Waals surface area contributed by atoms with Crippen LogP contribution in [-0.4, -0.2) is 19.3 Å². The standard InChI is InChI=1S/C23H25N5OS/c1-3-28-22(29)20-18-9-4-5-10-19(18)30-21(20)26-23(28)25-17-12-24-27(14-17)13-16-8-6-7-15(2)11-16/h6-8,11-12,14H,3-5,9-10,13H2,1-2H3,(H,25,26). The van der Waals surface area contributed by atoms with Crippen LogP contribution in [0, 0.1) is 6.92 Å². The number of nitrogens with one attached hydrogen (secondary N) is 1. The smallest absolute Gasteiger partial charge is 0.263 e. The second-order valence-corrected chi connectivity index (χ2v) is 9.00. The van der Waals surface area contributed by atoms with E-state index in [2.05, 4.69) is 41.6 Å². The molecule has 0 amide bonds. The molecule has 0 atom stereocenters. The first-order valence-electron chi connectivity index (χ1n) is 10.5. The van der Waals surface area contributed by atoms with Gasteiger partial charge >= 0.3 is 0 Å². The van der Waals surface area contributed by atoms with Crippen LogP contribution in [0.3, 0.4) is 0 Å².